The maximum atomic E-state index is 5.52. The molecule has 4 heteroatoms. The van der Waals surface area contributed by atoms with E-state index in [1.54, 1.807) is 0 Å². The molecule has 0 aliphatic heterocycles. The van der Waals surface area contributed by atoms with Gasteiger partial charge in [-0.25, -0.2) is 9.97 Å². The number of aromatic nitrogens is 4. The normalized spacial score (nSPS) is 13.7. The Balaban J connectivity index is 1.45. The summed E-state index contributed by atoms with van der Waals surface area (Å²) in [6.45, 7) is 4.60. The van der Waals surface area contributed by atoms with Gasteiger partial charge in [0.15, 0.2) is 0 Å². The number of hydrogen-bond acceptors (Lipinski definition) is 2. The Morgan fingerprint density at radius 1 is 0.533 bits per heavy atom. The topological polar surface area (TPSA) is 35.1 Å². The Morgan fingerprint density at radius 3 is 2.09 bits per heavy atom. The maximum Gasteiger partial charge on any atom is 0.235 e. The van der Waals surface area contributed by atoms with Gasteiger partial charge in [0.1, 0.15) is 0 Å². The standard InChI is InChI=1S/C41H28N4/c1-41(2)30-18-8-6-17-29(30)38-36(41)37(26-13-4-3-5-14-26)42-40(43-38)45-33-21-11-10-20-32(33)44-31-19-9-7-16-27(31)28-24-23-25-15-12-22-34(45)35(25)39(28)44/h3-24H,1-2H3. The maximum absolute atomic E-state index is 5.52. The SMILES string of the molecule is CC1(C)c2ccccc2-c2nc(-n3c4cccc5ccc6c7ccccc7n(c7ccccc73)c6c54)nc(-c3ccccc3)c21. The average Bonchev–Trinajstić information content (AvgIpc) is 3.49. The minimum Gasteiger partial charge on any atom is -0.306 e. The molecule has 3 aromatic heterocycles. The molecule has 0 saturated heterocycles. The third-order valence-electron chi connectivity index (χ3n) is 9.88. The zero-order valence-corrected chi connectivity index (χ0v) is 25.0. The lowest BCUT2D eigenvalue weighted by atomic mass is 9.81. The van der Waals surface area contributed by atoms with Gasteiger partial charge in [-0.15, -0.1) is 0 Å². The average molecular weight is 577 g/mol. The van der Waals surface area contributed by atoms with Crippen LogP contribution in [0.15, 0.2) is 133 Å². The third-order valence-corrected chi connectivity index (χ3v) is 9.88. The van der Waals surface area contributed by atoms with Gasteiger partial charge >= 0.3 is 0 Å². The van der Waals surface area contributed by atoms with Crippen LogP contribution in [0.2, 0.25) is 0 Å². The molecule has 0 atom stereocenters. The van der Waals surface area contributed by atoms with Crippen LogP contribution in [0, 0.1) is 0 Å². The van der Waals surface area contributed by atoms with Gasteiger partial charge in [0.2, 0.25) is 5.95 Å². The molecule has 212 valence electrons. The second kappa shape index (κ2) is 8.67. The molecule has 0 fully saturated rings. The summed E-state index contributed by atoms with van der Waals surface area (Å²) in [6, 6.07) is 47.8. The number of nitrogens with zero attached hydrogens (tertiary/aromatic N) is 4. The highest BCUT2D eigenvalue weighted by Gasteiger charge is 2.40. The monoisotopic (exact) mass is 576 g/mol. The van der Waals surface area contributed by atoms with Gasteiger partial charge < -0.3 is 4.40 Å². The predicted octanol–water partition coefficient (Wildman–Crippen LogP) is 10.1. The minimum atomic E-state index is -0.241. The second-order valence-electron chi connectivity index (χ2n) is 12.6. The van der Waals surface area contributed by atoms with E-state index in [4.69, 9.17) is 9.97 Å². The molecule has 9 aromatic rings. The van der Waals surface area contributed by atoms with Crippen LogP contribution in [0.5, 0.6) is 0 Å². The van der Waals surface area contributed by atoms with Gasteiger partial charge in [-0.1, -0.05) is 123 Å². The van der Waals surface area contributed by atoms with Crippen molar-refractivity contribution in [3.8, 4) is 28.5 Å². The summed E-state index contributed by atoms with van der Waals surface area (Å²) >= 11 is 0. The Kier molecular flexibility index (Phi) is 4.76. The molecule has 0 radical (unpaired) electrons. The van der Waals surface area contributed by atoms with Crippen LogP contribution in [0.1, 0.15) is 25.0 Å². The largest absolute Gasteiger partial charge is 0.306 e. The molecular formula is C41H28N4. The molecule has 1 aliphatic rings. The Morgan fingerprint density at radius 2 is 1.22 bits per heavy atom. The van der Waals surface area contributed by atoms with Crippen LogP contribution in [-0.2, 0) is 5.41 Å². The predicted molar refractivity (Wildman–Crippen MR) is 185 cm³/mol. The summed E-state index contributed by atoms with van der Waals surface area (Å²) in [5, 5.41) is 4.90. The molecule has 3 heterocycles. The van der Waals surface area contributed by atoms with Crippen molar-refractivity contribution in [3.63, 3.8) is 0 Å². The summed E-state index contributed by atoms with van der Waals surface area (Å²) in [4.78, 5) is 11.0. The molecule has 0 saturated carbocycles. The quantitative estimate of drug-likeness (QED) is 0.205. The van der Waals surface area contributed by atoms with Gasteiger partial charge in [0.25, 0.3) is 0 Å². The lowest BCUT2D eigenvalue weighted by molar-refractivity contribution is 0.657. The highest BCUT2D eigenvalue weighted by molar-refractivity contribution is 6.23. The first-order valence-electron chi connectivity index (χ1n) is 15.5. The van der Waals surface area contributed by atoms with E-state index < -0.39 is 0 Å². The fourth-order valence-corrected chi connectivity index (χ4v) is 7.94. The van der Waals surface area contributed by atoms with Crippen LogP contribution in [0.25, 0.3) is 77.6 Å². The Bertz CT molecular complexity index is 2660. The van der Waals surface area contributed by atoms with E-state index in [1.807, 2.05) is 0 Å². The number of para-hydroxylation sites is 3. The van der Waals surface area contributed by atoms with Crippen LogP contribution in [0.4, 0.5) is 0 Å². The van der Waals surface area contributed by atoms with E-state index in [1.165, 1.54) is 49.3 Å². The fraction of sp³-hybridized carbons (Fsp3) is 0.0732. The summed E-state index contributed by atoms with van der Waals surface area (Å²) < 4.78 is 4.73. The highest BCUT2D eigenvalue weighted by atomic mass is 15.2. The van der Waals surface area contributed by atoms with Gasteiger partial charge in [-0.2, -0.15) is 0 Å². The Labute approximate surface area is 259 Å². The fourth-order valence-electron chi connectivity index (χ4n) is 7.94. The lowest BCUT2D eigenvalue weighted by Crippen LogP contribution is -2.18. The zero-order valence-electron chi connectivity index (χ0n) is 25.0. The second-order valence-corrected chi connectivity index (χ2v) is 12.6. The number of hydrogen-bond donors (Lipinski definition) is 0. The van der Waals surface area contributed by atoms with Crippen molar-refractivity contribution in [2.24, 2.45) is 0 Å². The van der Waals surface area contributed by atoms with Gasteiger partial charge in [0.05, 0.1) is 39.0 Å². The molecule has 0 amide bonds. The molecule has 4 nitrogen and oxygen atoms in total. The van der Waals surface area contributed by atoms with Gasteiger partial charge in [-0.05, 0) is 35.2 Å². The smallest absolute Gasteiger partial charge is 0.235 e. The number of fused-ring (bicyclic) bond motifs is 8. The zero-order chi connectivity index (χ0) is 29.9. The molecule has 10 rings (SSSR count). The van der Waals surface area contributed by atoms with Crippen molar-refractivity contribution in [1.82, 2.24) is 18.9 Å². The van der Waals surface area contributed by atoms with Crippen molar-refractivity contribution in [2.45, 2.75) is 19.3 Å². The molecule has 6 aromatic carbocycles. The molecule has 45 heavy (non-hydrogen) atoms. The van der Waals surface area contributed by atoms with Crippen molar-refractivity contribution in [3.05, 3.63) is 145 Å². The third kappa shape index (κ3) is 3.16. The van der Waals surface area contributed by atoms with E-state index in [9.17, 15) is 0 Å². The van der Waals surface area contributed by atoms with Crippen molar-refractivity contribution in [2.75, 3.05) is 0 Å². The first kappa shape index (κ1) is 24.7. The minimum absolute atomic E-state index is 0.241. The molecule has 0 unspecified atom stereocenters. The van der Waals surface area contributed by atoms with E-state index in [2.05, 4.69) is 156 Å². The van der Waals surface area contributed by atoms with Crippen molar-refractivity contribution in [1.29, 1.82) is 0 Å². The summed E-state index contributed by atoms with van der Waals surface area (Å²) in [6.07, 6.45) is 0. The number of rotatable bonds is 2. The summed E-state index contributed by atoms with van der Waals surface area (Å²) in [7, 11) is 0. The molecular weight excluding hydrogens is 548 g/mol. The van der Waals surface area contributed by atoms with Crippen LogP contribution < -0.4 is 0 Å². The van der Waals surface area contributed by atoms with Crippen molar-refractivity contribution < 1.29 is 0 Å². The van der Waals surface area contributed by atoms with E-state index in [0.29, 0.717) is 5.95 Å². The first-order valence-corrected chi connectivity index (χ1v) is 15.5. The van der Waals surface area contributed by atoms with Crippen LogP contribution >= 0.6 is 0 Å². The van der Waals surface area contributed by atoms with Crippen LogP contribution in [0.3, 0.4) is 0 Å². The molecule has 1 aliphatic carbocycles. The van der Waals surface area contributed by atoms with Crippen LogP contribution in [-0.4, -0.2) is 18.9 Å². The van der Waals surface area contributed by atoms with E-state index in [-0.39, 0.29) is 5.41 Å². The first-order chi connectivity index (χ1) is 22.1. The van der Waals surface area contributed by atoms with Gasteiger partial charge in [-0.3, -0.25) is 4.57 Å². The lowest BCUT2D eigenvalue weighted by Gasteiger charge is -2.24. The Hall–Kier alpha value is -5.74. The molecule has 0 spiro atoms. The van der Waals surface area contributed by atoms with E-state index >= 15 is 0 Å². The number of benzene rings is 6. The van der Waals surface area contributed by atoms with Gasteiger partial charge in [0, 0.05) is 38.3 Å². The van der Waals surface area contributed by atoms with Crippen molar-refractivity contribution >= 4 is 49.1 Å². The molecule has 0 N–H and O–H groups in total. The molecule has 0 bridgehead atoms. The summed E-state index contributed by atoms with van der Waals surface area (Å²) in [5.41, 5.74) is 12.1. The highest BCUT2D eigenvalue weighted by Crippen LogP contribution is 2.51. The van der Waals surface area contributed by atoms with E-state index in [0.717, 1.165) is 33.5 Å². The summed E-state index contributed by atoms with van der Waals surface area (Å²) in [5.74, 6) is 0.673.